The van der Waals surface area contributed by atoms with E-state index in [2.05, 4.69) is 36.3 Å². The number of aryl methyl sites for hydroxylation is 1. The molecule has 2 rings (SSSR count). The zero-order valence-corrected chi connectivity index (χ0v) is 9.73. The van der Waals surface area contributed by atoms with Crippen LogP contribution >= 0.6 is 0 Å². The molecule has 1 aliphatic heterocycles. The minimum Gasteiger partial charge on any atom is -0.273 e. The number of benzene rings is 1. The fraction of sp³-hybridized carbons (Fsp3) is 0.385. The van der Waals surface area contributed by atoms with Gasteiger partial charge in [-0.25, -0.2) is 5.01 Å². The quantitative estimate of drug-likeness (QED) is 0.762. The number of hydrogen-bond acceptors (Lipinski definition) is 2. The Kier molecular flexibility index (Phi) is 3.04. The molecule has 84 valence electrons. The second-order valence-electron chi connectivity index (χ2n) is 4.09. The summed E-state index contributed by atoms with van der Waals surface area (Å²) in [6.45, 7) is 2.17. The monoisotopic (exact) mass is 216 g/mol. The van der Waals surface area contributed by atoms with Crippen LogP contribution in [-0.2, 0) is 11.2 Å². The van der Waals surface area contributed by atoms with E-state index in [9.17, 15) is 4.79 Å². The van der Waals surface area contributed by atoms with Crippen molar-refractivity contribution in [1.29, 1.82) is 0 Å². The summed E-state index contributed by atoms with van der Waals surface area (Å²) < 4.78 is 0. The molecule has 0 unspecified atom stereocenters. The Morgan fingerprint density at radius 3 is 2.50 bits per heavy atom. The summed E-state index contributed by atoms with van der Waals surface area (Å²) in [5.74, 6) is 0.0626. The molecule has 1 aromatic rings. The second-order valence-corrected chi connectivity index (χ2v) is 4.09. The van der Waals surface area contributed by atoms with E-state index in [4.69, 9.17) is 0 Å². The molecule has 0 bridgehead atoms. The molecule has 16 heavy (non-hydrogen) atoms. The third-order valence-corrected chi connectivity index (χ3v) is 2.78. The van der Waals surface area contributed by atoms with Crippen molar-refractivity contribution in [2.24, 2.45) is 5.10 Å². The van der Waals surface area contributed by atoms with Gasteiger partial charge < -0.3 is 0 Å². The van der Waals surface area contributed by atoms with E-state index in [1.54, 1.807) is 7.05 Å². The van der Waals surface area contributed by atoms with Crippen molar-refractivity contribution in [2.45, 2.75) is 26.2 Å². The van der Waals surface area contributed by atoms with E-state index in [0.717, 1.165) is 24.1 Å². The van der Waals surface area contributed by atoms with Gasteiger partial charge in [0.15, 0.2) is 0 Å². The molecule has 1 aromatic carbocycles. The zero-order chi connectivity index (χ0) is 11.5. The molecule has 0 fully saturated rings. The summed E-state index contributed by atoms with van der Waals surface area (Å²) in [6.07, 6.45) is 2.68. The number of nitrogens with zero attached hydrogens (tertiary/aromatic N) is 2. The van der Waals surface area contributed by atoms with Crippen molar-refractivity contribution < 1.29 is 4.79 Å². The molecule has 1 heterocycles. The van der Waals surface area contributed by atoms with Crippen LogP contribution in [0.3, 0.4) is 0 Å². The average Bonchev–Trinajstić information content (AvgIpc) is 2.61. The van der Waals surface area contributed by atoms with Crippen LogP contribution < -0.4 is 0 Å². The Morgan fingerprint density at radius 2 is 2.00 bits per heavy atom. The predicted molar refractivity (Wildman–Crippen MR) is 64.4 cm³/mol. The van der Waals surface area contributed by atoms with Gasteiger partial charge in [0.25, 0.3) is 0 Å². The van der Waals surface area contributed by atoms with Crippen molar-refractivity contribution >= 4 is 11.6 Å². The van der Waals surface area contributed by atoms with Gasteiger partial charge in [-0.1, -0.05) is 37.6 Å². The van der Waals surface area contributed by atoms with Gasteiger partial charge in [-0.2, -0.15) is 5.10 Å². The van der Waals surface area contributed by atoms with Gasteiger partial charge in [-0.15, -0.1) is 0 Å². The third-order valence-electron chi connectivity index (χ3n) is 2.78. The maximum atomic E-state index is 11.3. The summed E-state index contributed by atoms with van der Waals surface area (Å²) in [5, 5.41) is 5.63. The Labute approximate surface area is 95.8 Å². The lowest BCUT2D eigenvalue weighted by molar-refractivity contribution is -0.127. The molecule has 3 nitrogen and oxygen atoms in total. The summed E-state index contributed by atoms with van der Waals surface area (Å²) in [5.41, 5.74) is 3.26. The lowest BCUT2D eigenvalue weighted by atomic mass is 10.0. The smallest absolute Gasteiger partial charge is 0.248 e. The van der Waals surface area contributed by atoms with Gasteiger partial charge in [-0.05, 0) is 17.5 Å². The van der Waals surface area contributed by atoms with Crippen LogP contribution in [0.15, 0.2) is 29.4 Å². The first kappa shape index (κ1) is 10.9. The van der Waals surface area contributed by atoms with E-state index in [0.29, 0.717) is 6.42 Å². The highest BCUT2D eigenvalue weighted by Crippen LogP contribution is 2.14. The van der Waals surface area contributed by atoms with Crippen molar-refractivity contribution in [3.8, 4) is 0 Å². The van der Waals surface area contributed by atoms with Crippen LogP contribution in [0.4, 0.5) is 0 Å². The molecule has 1 amide bonds. The average molecular weight is 216 g/mol. The van der Waals surface area contributed by atoms with Crippen LogP contribution in [0.25, 0.3) is 0 Å². The number of carbonyl (C=O) groups is 1. The highest BCUT2D eigenvalue weighted by Gasteiger charge is 2.21. The van der Waals surface area contributed by atoms with E-state index >= 15 is 0 Å². The van der Waals surface area contributed by atoms with Crippen molar-refractivity contribution in [1.82, 2.24) is 5.01 Å². The van der Waals surface area contributed by atoms with Crippen LogP contribution in [0, 0.1) is 0 Å². The summed E-state index contributed by atoms with van der Waals surface area (Å²) in [7, 11) is 1.70. The fourth-order valence-electron chi connectivity index (χ4n) is 1.84. The molecule has 0 radical (unpaired) electrons. The van der Waals surface area contributed by atoms with E-state index < -0.39 is 0 Å². The largest absolute Gasteiger partial charge is 0.273 e. The number of rotatable bonds is 3. The molecule has 3 heteroatoms. The molecule has 0 spiro atoms. The molecule has 0 atom stereocenters. The van der Waals surface area contributed by atoms with Crippen LogP contribution in [0.2, 0.25) is 0 Å². The summed E-state index contributed by atoms with van der Waals surface area (Å²) in [6, 6.07) is 8.33. The maximum Gasteiger partial charge on any atom is 0.248 e. The summed E-state index contributed by atoms with van der Waals surface area (Å²) in [4.78, 5) is 11.3. The van der Waals surface area contributed by atoms with Gasteiger partial charge in [0, 0.05) is 7.05 Å². The van der Waals surface area contributed by atoms with Crippen LogP contribution in [0.1, 0.15) is 30.9 Å². The van der Waals surface area contributed by atoms with Gasteiger partial charge in [-0.3, -0.25) is 4.79 Å². The Bertz CT molecular complexity index is 420. The third kappa shape index (κ3) is 2.13. The Morgan fingerprint density at radius 1 is 1.31 bits per heavy atom. The number of hydrazone groups is 1. The van der Waals surface area contributed by atoms with Gasteiger partial charge in [0.05, 0.1) is 12.1 Å². The topological polar surface area (TPSA) is 32.7 Å². The van der Waals surface area contributed by atoms with E-state index in [1.807, 2.05) is 0 Å². The number of carbonyl (C=O) groups excluding carboxylic acids is 1. The van der Waals surface area contributed by atoms with Crippen molar-refractivity contribution in [3.05, 3.63) is 35.4 Å². The molecule has 1 aliphatic rings. The fourth-order valence-corrected chi connectivity index (χ4v) is 1.84. The molecule has 0 saturated heterocycles. The van der Waals surface area contributed by atoms with E-state index in [1.165, 1.54) is 10.6 Å². The molecule has 0 aromatic heterocycles. The maximum absolute atomic E-state index is 11.3. The van der Waals surface area contributed by atoms with Gasteiger partial charge >= 0.3 is 0 Å². The summed E-state index contributed by atoms with van der Waals surface area (Å²) >= 11 is 0. The first-order valence-corrected chi connectivity index (χ1v) is 5.64. The van der Waals surface area contributed by atoms with Crippen LogP contribution in [0.5, 0.6) is 0 Å². The normalized spacial score (nSPS) is 15.5. The predicted octanol–water partition coefficient (Wildman–Crippen LogP) is 2.21. The van der Waals surface area contributed by atoms with Crippen molar-refractivity contribution in [3.63, 3.8) is 0 Å². The van der Waals surface area contributed by atoms with E-state index in [-0.39, 0.29) is 5.91 Å². The first-order valence-electron chi connectivity index (χ1n) is 5.64. The minimum atomic E-state index is 0.0626. The molecule has 0 saturated carbocycles. The molecular formula is C13H16N2O. The van der Waals surface area contributed by atoms with Crippen LogP contribution in [-0.4, -0.2) is 23.7 Å². The van der Waals surface area contributed by atoms with Gasteiger partial charge in [0.2, 0.25) is 5.91 Å². The Balaban J connectivity index is 2.16. The minimum absolute atomic E-state index is 0.0626. The Hall–Kier alpha value is -1.64. The SMILES string of the molecule is CCCc1ccc(C2=NN(C)C(=O)C2)cc1. The number of amides is 1. The zero-order valence-electron chi connectivity index (χ0n) is 9.73. The highest BCUT2D eigenvalue weighted by atomic mass is 16.2. The lowest BCUT2D eigenvalue weighted by Crippen LogP contribution is -2.14. The molecule has 0 N–H and O–H groups in total. The standard InChI is InChI=1S/C13H16N2O/c1-3-4-10-5-7-11(8-6-10)12-9-13(16)15(2)14-12/h5-8H,3-4,9H2,1-2H3. The highest BCUT2D eigenvalue weighted by molar-refractivity contribution is 6.13. The lowest BCUT2D eigenvalue weighted by Gasteiger charge is -2.01. The molecular weight excluding hydrogens is 200 g/mol. The second kappa shape index (κ2) is 4.47. The number of hydrogen-bond donors (Lipinski definition) is 0. The molecule has 0 aliphatic carbocycles. The van der Waals surface area contributed by atoms with Gasteiger partial charge in [0.1, 0.15) is 0 Å². The first-order chi connectivity index (χ1) is 7.70. The van der Waals surface area contributed by atoms with Crippen molar-refractivity contribution in [2.75, 3.05) is 7.05 Å².